The molecule has 2 heterocycles. The molecule has 3 aromatic rings. The number of aromatic nitrogens is 1. The van der Waals surface area contributed by atoms with Crippen molar-refractivity contribution in [2.75, 3.05) is 31.1 Å². The molecule has 2 N–H and O–H groups in total. The number of benzene rings is 2. The molecule has 7 heteroatoms. The van der Waals surface area contributed by atoms with Crippen LogP contribution in [0.15, 0.2) is 48.7 Å². The third kappa shape index (κ3) is 3.63. The maximum atomic E-state index is 12.1. The normalized spacial score (nSPS) is 16.6. The number of hydrogen-bond donors (Lipinski definition) is 2. The Labute approximate surface area is 167 Å². The summed E-state index contributed by atoms with van der Waals surface area (Å²) < 4.78 is 0. The van der Waals surface area contributed by atoms with Gasteiger partial charge in [0.2, 0.25) is 0 Å². The summed E-state index contributed by atoms with van der Waals surface area (Å²) in [6.07, 6.45) is 1.78. The fraction of sp³-hybridized carbons (Fsp3) is 0.250. The zero-order valence-electron chi connectivity index (χ0n) is 14.5. The van der Waals surface area contributed by atoms with E-state index in [1.807, 2.05) is 41.3 Å². The first-order chi connectivity index (χ1) is 13.0. The summed E-state index contributed by atoms with van der Waals surface area (Å²) in [5.74, 6) is -0.851. The van der Waals surface area contributed by atoms with Crippen molar-refractivity contribution in [3.05, 3.63) is 64.3 Å². The number of piperazine rings is 1. The molecule has 0 unspecified atom stereocenters. The third-order valence-corrected chi connectivity index (χ3v) is 5.56. The number of aliphatic carboxylic acids is 1. The second-order valence-corrected chi connectivity index (χ2v) is 7.55. The number of carbonyl (C=O) groups is 1. The SMILES string of the molecule is O=C(O)[C@@H](c1c[nH]c2ccc(Cl)cc12)N1CCN(c2ccc(Cl)cc2)CC1. The summed E-state index contributed by atoms with van der Waals surface area (Å²) in [5, 5.41) is 12.1. The highest BCUT2D eigenvalue weighted by atomic mass is 35.5. The molecule has 1 saturated heterocycles. The molecule has 1 fully saturated rings. The lowest BCUT2D eigenvalue weighted by Crippen LogP contribution is -2.49. The summed E-state index contributed by atoms with van der Waals surface area (Å²) >= 11 is 12.1. The first kappa shape index (κ1) is 18.2. The highest BCUT2D eigenvalue weighted by Crippen LogP contribution is 2.31. The van der Waals surface area contributed by atoms with E-state index in [0.29, 0.717) is 23.1 Å². The van der Waals surface area contributed by atoms with E-state index in [-0.39, 0.29) is 0 Å². The van der Waals surface area contributed by atoms with Gasteiger partial charge in [0.1, 0.15) is 6.04 Å². The van der Waals surface area contributed by atoms with Gasteiger partial charge in [0.05, 0.1) is 0 Å². The van der Waals surface area contributed by atoms with Gasteiger partial charge in [-0.15, -0.1) is 0 Å². The molecular weight excluding hydrogens is 385 g/mol. The minimum atomic E-state index is -0.851. The smallest absolute Gasteiger partial charge is 0.325 e. The molecule has 1 aliphatic heterocycles. The Kier molecular flexibility index (Phi) is 5.00. The van der Waals surface area contributed by atoms with Crippen molar-refractivity contribution >= 4 is 45.8 Å². The molecule has 0 saturated carbocycles. The van der Waals surface area contributed by atoms with Crippen LogP contribution < -0.4 is 4.90 Å². The number of halogens is 2. The van der Waals surface area contributed by atoms with Crippen molar-refractivity contribution < 1.29 is 9.90 Å². The number of carboxylic acids is 1. The number of rotatable bonds is 4. The Hall–Kier alpha value is -2.21. The minimum Gasteiger partial charge on any atom is -0.480 e. The van der Waals surface area contributed by atoms with Gasteiger partial charge in [-0.3, -0.25) is 9.69 Å². The largest absolute Gasteiger partial charge is 0.480 e. The van der Waals surface area contributed by atoms with Gasteiger partial charge in [0.15, 0.2) is 0 Å². The van der Waals surface area contributed by atoms with Gasteiger partial charge in [-0.1, -0.05) is 23.2 Å². The van der Waals surface area contributed by atoms with Gasteiger partial charge in [0, 0.05) is 64.6 Å². The third-order valence-electron chi connectivity index (χ3n) is 5.08. The topological polar surface area (TPSA) is 59.6 Å². The number of carboxylic acid groups (broad SMARTS) is 1. The molecule has 2 aromatic carbocycles. The number of H-pyrrole nitrogens is 1. The van der Waals surface area contributed by atoms with Crippen molar-refractivity contribution in [3.8, 4) is 0 Å². The van der Waals surface area contributed by atoms with E-state index < -0.39 is 12.0 Å². The van der Waals surface area contributed by atoms with E-state index in [9.17, 15) is 9.90 Å². The monoisotopic (exact) mass is 403 g/mol. The van der Waals surface area contributed by atoms with E-state index in [1.165, 1.54) is 0 Å². The molecule has 0 radical (unpaired) electrons. The van der Waals surface area contributed by atoms with E-state index >= 15 is 0 Å². The Morgan fingerprint density at radius 1 is 1.00 bits per heavy atom. The minimum absolute atomic E-state index is 0.597. The summed E-state index contributed by atoms with van der Waals surface area (Å²) in [4.78, 5) is 19.5. The predicted molar refractivity (Wildman–Crippen MR) is 109 cm³/mol. The van der Waals surface area contributed by atoms with E-state index in [2.05, 4.69) is 9.88 Å². The number of hydrogen-bond acceptors (Lipinski definition) is 3. The van der Waals surface area contributed by atoms with Gasteiger partial charge in [0.25, 0.3) is 0 Å². The van der Waals surface area contributed by atoms with Crippen molar-refractivity contribution in [1.82, 2.24) is 9.88 Å². The van der Waals surface area contributed by atoms with Gasteiger partial charge < -0.3 is 15.0 Å². The molecule has 140 valence electrons. The van der Waals surface area contributed by atoms with Crippen LogP contribution in [0.25, 0.3) is 10.9 Å². The maximum Gasteiger partial charge on any atom is 0.325 e. The lowest BCUT2D eigenvalue weighted by Gasteiger charge is -2.38. The quantitative estimate of drug-likeness (QED) is 0.676. The summed E-state index contributed by atoms with van der Waals surface area (Å²) in [6.45, 7) is 2.84. The van der Waals surface area contributed by atoms with Crippen molar-refractivity contribution in [2.45, 2.75) is 6.04 Å². The predicted octanol–water partition coefficient (Wildman–Crippen LogP) is 4.42. The lowest BCUT2D eigenvalue weighted by molar-refractivity contribution is -0.143. The number of nitrogens with zero attached hydrogens (tertiary/aromatic N) is 2. The van der Waals surface area contributed by atoms with Crippen LogP contribution in [0.3, 0.4) is 0 Å². The average Bonchev–Trinajstić information content (AvgIpc) is 3.06. The summed E-state index contributed by atoms with van der Waals surface area (Å²) in [5.41, 5.74) is 2.74. The van der Waals surface area contributed by atoms with Gasteiger partial charge in [-0.25, -0.2) is 0 Å². The molecule has 0 amide bonds. The summed E-state index contributed by atoms with van der Waals surface area (Å²) in [6, 6.07) is 12.5. The zero-order valence-corrected chi connectivity index (χ0v) is 16.0. The highest BCUT2D eigenvalue weighted by molar-refractivity contribution is 6.31. The number of aromatic amines is 1. The fourth-order valence-electron chi connectivity index (χ4n) is 3.72. The van der Waals surface area contributed by atoms with Gasteiger partial charge in [-0.05, 0) is 42.5 Å². The second-order valence-electron chi connectivity index (χ2n) is 6.67. The number of nitrogens with one attached hydrogen (secondary N) is 1. The van der Waals surface area contributed by atoms with Crippen LogP contribution in [-0.2, 0) is 4.79 Å². The van der Waals surface area contributed by atoms with E-state index in [0.717, 1.165) is 35.2 Å². The Balaban J connectivity index is 1.56. The molecule has 27 heavy (non-hydrogen) atoms. The molecular formula is C20H19Cl2N3O2. The fourth-order valence-corrected chi connectivity index (χ4v) is 4.01. The van der Waals surface area contributed by atoms with Crippen LogP contribution in [0.5, 0.6) is 0 Å². The molecule has 4 rings (SSSR count). The number of fused-ring (bicyclic) bond motifs is 1. The van der Waals surface area contributed by atoms with Crippen molar-refractivity contribution in [1.29, 1.82) is 0 Å². The van der Waals surface area contributed by atoms with E-state index in [1.54, 1.807) is 12.3 Å². The Morgan fingerprint density at radius 3 is 2.33 bits per heavy atom. The van der Waals surface area contributed by atoms with Crippen LogP contribution >= 0.6 is 23.2 Å². The maximum absolute atomic E-state index is 12.1. The summed E-state index contributed by atoms with van der Waals surface area (Å²) in [7, 11) is 0. The van der Waals surface area contributed by atoms with Crippen LogP contribution in [0.4, 0.5) is 5.69 Å². The van der Waals surface area contributed by atoms with Crippen molar-refractivity contribution in [3.63, 3.8) is 0 Å². The molecule has 1 atom stereocenters. The Bertz CT molecular complexity index is 963. The molecule has 0 bridgehead atoms. The highest BCUT2D eigenvalue weighted by Gasteiger charge is 2.32. The van der Waals surface area contributed by atoms with Gasteiger partial charge in [-0.2, -0.15) is 0 Å². The molecule has 1 aliphatic rings. The van der Waals surface area contributed by atoms with Crippen LogP contribution in [0.1, 0.15) is 11.6 Å². The van der Waals surface area contributed by atoms with Gasteiger partial charge >= 0.3 is 5.97 Å². The molecule has 0 spiro atoms. The standard InChI is InChI=1S/C20H19Cl2N3O2/c21-13-1-4-15(5-2-13)24-7-9-25(10-8-24)19(20(26)27)17-12-23-18-6-3-14(22)11-16(17)18/h1-6,11-12,19,23H,7-10H2,(H,26,27)/t19-/m1/s1. The average molecular weight is 404 g/mol. The zero-order chi connectivity index (χ0) is 19.0. The molecule has 1 aromatic heterocycles. The molecule has 5 nitrogen and oxygen atoms in total. The number of anilines is 1. The molecule has 0 aliphatic carbocycles. The van der Waals surface area contributed by atoms with Crippen LogP contribution in [0, 0.1) is 0 Å². The van der Waals surface area contributed by atoms with E-state index in [4.69, 9.17) is 23.2 Å². The first-order valence-corrected chi connectivity index (χ1v) is 9.52. The lowest BCUT2D eigenvalue weighted by atomic mass is 10.0. The van der Waals surface area contributed by atoms with Crippen LogP contribution in [0.2, 0.25) is 10.0 Å². The first-order valence-electron chi connectivity index (χ1n) is 8.77. The Morgan fingerprint density at radius 2 is 1.67 bits per heavy atom. The van der Waals surface area contributed by atoms with Crippen LogP contribution in [-0.4, -0.2) is 47.1 Å². The second kappa shape index (κ2) is 7.43. The van der Waals surface area contributed by atoms with Crippen molar-refractivity contribution in [2.24, 2.45) is 0 Å².